The average Bonchev–Trinajstić information content (AvgIpc) is 2.29. The van der Waals surface area contributed by atoms with Crippen molar-refractivity contribution in [1.82, 2.24) is 10.2 Å². The van der Waals surface area contributed by atoms with Gasteiger partial charge in [-0.1, -0.05) is 13.8 Å². The Hall–Kier alpha value is -0.570. The fraction of sp³-hybridized carbons (Fsp3) is 0.929. The van der Waals surface area contributed by atoms with Gasteiger partial charge in [0.05, 0.1) is 0 Å². The maximum Gasteiger partial charge on any atom is 0.222 e. The van der Waals surface area contributed by atoms with Gasteiger partial charge in [-0.15, -0.1) is 0 Å². The molecule has 1 amide bonds. The van der Waals surface area contributed by atoms with Gasteiger partial charge in [0, 0.05) is 19.5 Å². The predicted molar refractivity (Wildman–Crippen MR) is 69.7 cm³/mol. The van der Waals surface area contributed by atoms with Crippen LogP contribution in [0.4, 0.5) is 0 Å². The van der Waals surface area contributed by atoms with Crippen LogP contribution in [0.3, 0.4) is 0 Å². The summed E-state index contributed by atoms with van der Waals surface area (Å²) < 4.78 is 0. The summed E-state index contributed by atoms with van der Waals surface area (Å²) in [4.78, 5) is 14.4. The molecule has 0 saturated carbocycles. The lowest BCUT2D eigenvalue weighted by Gasteiger charge is -2.36. The molecule has 0 aromatic rings. The Kier molecular flexibility index (Phi) is 4.43. The summed E-state index contributed by atoms with van der Waals surface area (Å²) in [6.45, 7) is 8.67. The summed E-state index contributed by atoms with van der Waals surface area (Å²) in [6.07, 6.45) is 4.40. The van der Waals surface area contributed by atoms with E-state index in [1.54, 1.807) is 0 Å². The third kappa shape index (κ3) is 3.70. The SMILES string of the molecule is C[C@@H]1C[C@@H](C)CN(C(=O)CC2CCNCC2)C1. The molecule has 1 N–H and O–H groups in total. The zero-order chi connectivity index (χ0) is 12.3. The maximum absolute atomic E-state index is 12.3. The quantitative estimate of drug-likeness (QED) is 0.796. The molecule has 2 aliphatic heterocycles. The smallest absolute Gasteiger partial charge is 0.222 e. The topological polar surface area (TPSA) is 32.3 Å². The highest BCUT2D eigenvalue weighted by molar-refractivity contribution is 5.76. The Morgan fingerprint density at radius 2 is 1.76 bits per heavy atom. The second-order valence-electron chi connectivity index (χ2n) is 6.14. The van der Waals surface area contributed by atoms with Gasteiger partial charge in [-0.2, -0.15) is 0 Å². The Morgan fingerprint density at radius 3 is 2.35 bits per heavy atom. The zero-order valence-corrected chi connectivity index (χ0v) is 11.2. The Balaban J connectivity index is 1.81. The number of nitrogens with one attached hydrogen (secondary N) is 1. The van der Waals surface area contributed by atoms with Crippen molar-refractivity contribution in [3.63, 3.8) is 0 Å². The Morgan fingerprint density at radius 1 is 1.18 bits per heavy atom. The largest absolute Gasteiger partial charge is 0.342 e. The van der Waals surface area contributed by atoms with Gasteiger partial charge in [0.15, 0.2) is 0 Å². The van der Waals surface area contributed by atoms with Crippen molar-refractivity contribution in [3.8, 4) is 0 Å². The summed E-state index contributed by atoms with van der Waals surface area (Å²) in [5.74, 6) is 2.37. The van der Waals surface area contributed by atoms with E-state index in [0.29, 0.717) is 23.7 Å². The Labute approximate surface area is 105 Å². The van der Waals surface area contributed by atoms with Crippen molar-refractivity contribution in [3.05, 3.63) is 0 Å². The van der Waals surface area contributed by atoms with Crippen LogP contribution in [0.2, 0.25) is 0 Å². The molecule has 2 fully saturated rings. The number of rotatable bonds is 2. The van der Waals surface area contributed by atoms with Gasteiger partial charge in [0.1, 0.15) is 0 Å². The summed E-state index contributed by atoms with van der Waals surface area (Å²) in [6, 6.07) is 0. The van der Waals surface area contributed by atoms with E-state index in [-0.39, 0.29) is 0 Å². The molecule has 17 heavy (non-hydrogen) atoms. The van der Waals surface area contributed by atoms with Crippen LogP contribution in [0.1, 0.15) is 39.5 Å². The van der Waals surface area contributed by atoms with Crippen molar-refractivity contribution in [2.45, 2.75) is 39.5 Å². The van der Waals surface area contributed by atoms with Gasteiger partial charge >= 0.3 is 0 Å². The Bertz CT molecular complexity index is 251. The normalized spacial score (nSPS) is 31.5. The molecule has 0 aliphatic carbocycles. The number of piperidine rings is 2. The standard InChI is InChI=1S/C14H26N2O/c1-11-7-12(2)10-16(9-11)14(17)8-13-3-5-15-6-4-13/h11-13,15H,3-10H2,1-2H3/t11-,12-/m1/s1. The predicted octanol–water partition coefficient (Wildman–Crippen LogP) is 1.88. The van der Waals surface area contributed by atoms with E-state index in [0.717, 1.165) is 32.6 Å². The molecule has 3 heteroatoms. The van der Waals surface area contributed by atoms with E-state index in [1.807, 2.05) is 0 Å². The van der Waals surface area contributed by atoms with Crippen LogP contribution in [-0.2, 0) is 4.79 Å². The van der Waals surface area contributed by atoms with E-state index < -0.39 is 0 Å². The highest BCUT2D eigenvalue weighted by Gasteiger charge is 2.27. The number of carbonyl (C=O) groups is 1. The number of carbonyl (C=O) groups excluding carboxylic acids is 1. The van der Waals surface area contributed by atoms with Crippen molar-refractivity contribution >= 4 is 5.91 Å². The molecule has 0 spiro atoms. The molecule has 0 radical (unpaired) electrons. The average molecular weight is 238 g/mol. The van der Waals surface area contributed by atoms with Crippen LogP contribution < -0.4 is 5.32 Å². The molecule has 0 aromatic carbocycles. The van der Waals surface area contributed by atoms with Crippen molar-refractivity contribution in [1.29, 1.82) is 0 Å². The lowest BCUT2D eigenvalue weighted by Crippen LogP contribution is -2.43. The first kappa shape index (κ1) is 12.9. The number of hydrogen-bond acceptors (Lipinski definition) is 2. The van der Waals surface area contributed by atoms with Crippen LogP contribution in [0.5, 0.6) is 0 Å². The molecular formula is C14H26N2O. The minimum atomic E-state index is 0.398. The minimum absolute atomic E-state index is 0.398. The van der Waals surface area contributed by atoms with E-state index in [9.17, 15) is 4.79 Å². The molecule has 2 atom stereocenters. The lowest BCUT2D eigenvalue weighted by molar-refractivity contribution is -0.135. The van der Waals surface area contributed by atoms with Gasteiger partial charge in [-0.25, -0.2) is 0 Å². The lowest BCUT2D eigenvalue weighted by atomic mass is 9.90. The highest BCUT2D eigenvalue weighted by atomic mass is 16.2. The number of amides is 1. The molecule has 3 nitrogen and oxygen atoms in total. The van der Waals surface area contributed by atoms with Gasteiger partial charge < -0.3 is 10.2 Å². The van der Waals surface area contributed by atoms with Crippen LogP contribution in [-0.4, -0.2) is 37.0 Å². The molecule has 2 saturated heterocycles. The van der Waals surface area contributed by atoms with E-state index in [2.05, 4.69) is 24.1 Å². The fourth-order valence-electron chi connectivity index (χ4n) is 3.33. The van der Waals surface area contributed by atoms with Crippen molar-refractivity contribution in [2.24, 2.45) is 17.8 Å². The first-order valence-electron chi connectivity index (χ1n) is 7.13. The van der Waals surface area contributed by atoms with Gasteiger partial charge in [0.2, 0.25) is 5.91 Å². The van der Waals surface area contributed by atoms with Crippen molar-refractivity contribution in [2.75, 3.05) is 26.2 Å². The summed E-state index contributed by atoms with van der Waals surface area (Å²) >= 11 is 0. The van der Waals surface area contributed by atoms with Gasteiger partial charge in [-0.3, -0.25) is 4.79 Å². The van der Waals surface area contributed by atoms with Crippen LogP contribution in [0.15, 0.2) is 0 Å². The molecule has 2 rings (SSSR count). The summed E-state index contributed by atoms with van der Waals surface area (Å²) in [7, 11) is 0. The minimum Gasteiger partial charge on any atom is -0.342 e. The maximum atomic E-state index is 12.3. The first-order valence-corrected chi connectivity index (χ1v) is 7.13. The van der Waals surface area contributed by atoms with Gasteiger partial charge in [-0.05, 0) is 50.1 Å². The number of hydrogen-bond donors (Lipinski definition) is 1. The monoisotopic (exact) mass is 238 g/mol. The third-order valence-corrected chi connectivity index (χ3v) is 4.14. The van der Waals surface area contributed by atoms with E-state index in [4.69, 9.17) is 0 Å². The molecule has 0 unspecified atom stereocenters. The molecule has 2 aliphatic rings. The molecule has 98 valence electrons. The summed E-state index contributed by atoms with van der Waals surface area (Å²) in [5.41, 5.74) is 0. The third-order valence-electron chi connectivity index (χ3n) is 4.14. The molecule has 0 aromatic heterocycles. The second kappa shape index (κ2) is 5.85. The van der Waals surface area contributed by atoms with Crippen LogP contribution >= 0.6 is 0 Å². The number of likely N-dealkylation sites (tertiary alicyclic amines) is 1. The zero-order valence-electron chi connectivity index (χ0n) is 11.2. The molecule has 2 heterocycles. The van der Waals surface area contributed by atoms with E-state index in [1.165, 1.54) is 19.3 Å². The summed E-state index contributed by atoms with van der Waals surface area (Å²) in [5, 5.41) is 3.36. The van der Waals surface area contributed by atoms with Gasteiger partial charge in [0.25, 0.3) is 0 Å². The van der Waals surface area contributed by atoms with E-state index >= 15 is 0 Å². The first-order chi connectivity index (χ1) is 8.15. The number of nitrogens with zero attached hydrogens (tertiary/aromatic N) is 1. The van der Waals surface area contributed by atoms with Crippen LogP contribution in [0.25, 0.3) is 0 Å². The van der Waals surface area contributed by atoms with Crippen molar-refractivity contribution < 1.29 is 4.79 Å². The highest BCUT2D eigenvalue weighted by Crippen LogP contribution is 2.23. The van der Waals surface area contributed by atoms with Crippen LogP contribution in [0, 0.1) is 17.8 Å². The second-order valence-corrected chi connectivity index (χ2v) is 6.14. The molecular weight excluding hydrogens is 212 g/mol. The fourth-order valence-corrected chi connectivity index (χ4v) is 3.33. The molecule has 0 bridgehead atoms.